The lowest BCUT2D eigenvalue weighted by Crippen LogP contribution is -2.53. The lowest BCUT2D eigenvalue weighted by atomic mass is 10.1. The van der Waals surface area contributed by atoms with Gasteiger partial charge in [0.1, 0.15) is 12.1 Å². The summed E-state index contributed by atoms with van der Waals surface area (Å²) < 4.78 is 0. The minimum absolute atomic E-state index is 0.374. The number of rotatable bonds is 7. The smallest absolute Gasteiger partial charge is 0.242 e. The van der Waals surface area contributed by atoms with E-state index in [1.807, 2.05) is 30.3 Å². The highest BCUT2D eigenvalue weighted by Crippen LogP contribution is 2.02. The Hall–Kier alpha value is -2.41. The molecule has 120 valence electrons. The molecule has 1 rings (SSSR count). The standard InChI is InChI=1S/C15H22N4O3/c1-9(13(17)20)18-14(21)10(2)19-15(22)12(16)8-11-6-4-3-5-7-11/h3-7,9-10,12H,8,16H2,1-2H3,(H2,17,20)(H,18,21)(H,19,22)/t9-,10-,12-/m0/s1. The highest BCUT2D eigenvalue weighted by Gasteiger charge is 2.22. The van der Waals surface area contributed by atoms with Crippen LogP contribution < -0.4 is 22.1 Å². The molecule has 3 amide bonds. The summed E-state index contributed by atoms with van der Waals surface area (Å²) in [4.78, 5) is 34.7. The minimum atomic E-state index is -0.809. The fourth-order valence-electron chi connectivity index (χ4n) is 1.76. The Labute approximate surface area is 129 Å². The van der Waals surface area contributed by atoms with E-state index < -0.39 is 35.8 Å². The maximum atomic E-state index is 12.0. The molecule has 0 saturated carbocycles. The zero-order chi connectivity index (χ0) is 16.7. The SMILES string of the molecule is C[C@H](NC(=O)[C@H](C)NC(=O)[C@@H](N)Cc1ccccc1)C(N)=O. The van der Waals surface area contributed by atoms with Gasteiger partial charge in [-0.15, -0.1) is 0 Å². The maximum Gasteiger partial charge on any atom is 0.242 e. The predicted octanol–water partition coefficient (Wildman–Crippen LogP) is -0.949. The third kappa shape index (κ3) is 5.53. The molecule has 0 fully saturated rings. The molecule has 0 spiro atoms. The third-order valence-electron chi connectivity index (χ3n) is 3.17. The molecule has 7 nitrogen and oxygen atoms in total. The van der Waals surface area contributed by atoms with Gasteiger partial charge in [0.05, 0.1) is 6.04 Å². The van der Waals surface area contributed by atoms with Crippen LogP contribution in [0.2, 0.25) is 0 Å². The molecule has 3 atom stereocenters. The fourth-order valence-corrected chi connectivity index (χ4v) is 1.76. The van der Waals surface area contributed by atoms with Crippen LogP contribution in [0.4, 0.5) is 0 Å². The number of amides is 3. The van der Waals surface area contributed by atoms with Crippen molar-refractivity contribution in [2.75, 3.05) is 0 Å². The summed E-state index contributed by atoms with van der Waals surface area (Å²) in [5.74, 6) is -1.57. The van der Waals surface area contributed by atoms with Crippen LogP contribution in [-0.4, -0.2) is 35.8 Å². The summed E-state index contributed by atoms with van der Waals surface area (Å²) in [5.41, 5.74) is 11.8. The van der Waals surface area contributed by atoms with E-state index in [9.17, 15) is 14.4 Å². The van der Waals surface area contributed by atoms with Gasteiger partial charge in [0.15, 0.2) is 0 Å². The summed E-state index contributed by atoms with van der Waals surface area (Å²) in [6.07, 6.45) is 0.374. The first kappa shape index (κ1) is 17.6. The van der Waals surface area contributed by atoms with E-state index >= 15 is 0 Å². The third-order valence-corrected chi connectivity index (χ3v) is 3.17. The molecule has 0 radical (unpaired) electrons. The Morgan fingerprint density at radius 3 is 2.09 bits per heavy atom. The summed E-state index contributed by atoms with van der Waals surface area (Å²) >= 11 is 0. The van der Waals surface area contributed by atoms with E-state index in [1.165, 1.54) is 13.8 Å². The molecule has 0 unspecified atom stereocenters. The van der Waals surface area contributed by atoms with Crippen molar-refractivity contribution in [1.29, 1.82) is 0 Å². The molecule has 7 heteroatoms. The van der Waals surface area contributed by atoms with Gasteiger partial charge in [-0.05, 0) is 25.8 Å². The average molecular weight is 306 g/mol. The Bertz CT molecular complexity index is 533. The van der Waals surface area contributed by atoms with Gasteiger partial charge < -0.3 is 22.1 Å². The van der Waals surface area contributed by atoms with E-state index in [4.69, 9.17) is 11.5 Å². The molecule has 1 aromatic rings. The second-order valence-corrected chi connectivity index (χ2v) is 5.16. The van der Waals surface area contributed by atoms with E-state index in [-0.39, 0.29) is 0 Å². The van der Waals surface area contributed by atoms with Gasteiger partial charge in [-0.2, -0.15) is 0 Å². The average Bonchev–Trinajstić information content (AvgIpc) is 2.47. The number of carbonyl (C=O) groups is 3. The molecular formula is C15H22N4O3. The molecule has 6 N–H and O–H groups in total. The highest BCUT2D eigenvalue weighted by molar-refractivity contribution is 5.92. The molecular weight excluding hydrogens is 284 g/mol. The Morgan fingerprint density at radius 1 is 1.00 bits per heavy atom. The van der Waals surface area contributed by atoms with Crippen molar-refractivity contribution in [2.45, 2.75) is 38.4 Å². The van der Waals surface area contributed by atoms with Crippen LogP contribution >= 0.6 is 0 Å². The molecule has 0 aliphatic heterocycles. The molecule has 0 saturated heterocycles. The number of carbonyl (C=O) groups excluding carboxylic acids is 3. The van der Waals surface area contributed by atoms with Gasteiger partial charge in [-0.25, -0.2) is 0 Å². The largest absolute Gasteiger partial charge is 0.368 e. The van der Waals surface area contributed by atoms with Crippen molar-refractivity contribution in [3.05, 3.63) is 35.9 Å². The van der Waals surface area contributed by atoms with Crippen molar-refractivity contribution >= 4 is 17.7 Å². The minimum Gasteiger partial charge on any atom is -0.368 e. The van der Waals surface area contributed by atoms with Crippen molar-refractivity contribution in [3.8, 4) is 0 Å². The zero-order valence-electron chi connectivity index (χ0n) is 12.7. The molecule has 0 bridgehead atoms. The molecule has 0 aliphatic rings. The van der Waals surface area contributed by atoms with Gasteiger partial charge in [-0.1, -0.05) is 30.3 Å². The summed E-state index contributed by atoms with van der Waals surface area (Å²) in [6.45, 7) is 2.98. The van der Waals surface area contributed by atoms with Crippen LogP contribution in [0.3, 0.4) is 0 Å². The summed E-state index contributed by atoms with van der Waals surface area (Å²) in [6, 6.07) is 6.98. The number of benzene rings is 1. The Kier molecular flexibility index (Phi) is 6.52. The van der Waals surface area contributed by atoms with Crippen LogP contribution in [0.5, 0.6) is 0 Å². The van der Waals surface area contributed by atoms with Gasteiger partial charge >= 0.3 is 0 Å². The fraction of sp³-hybridized carbons (Fsp3) is 0.400. The van der Waals surface area contributed by atoms with Crippen molar-refractivity contribution in [1.82, 2.24) is 10.6 Å². The van der Waals surface area contributed by atoms with E-state index in [0.29, 0.717) is 6.42 Å². The first-order chi connectivity index (χ1) is 10.3. The normalized spacial score (nSPS) is 14.5. The van der Waals surface area contributed by atoms with Crippen LogP contribution in [-0.2, 0) is 20.8 Å². The van der Waals surface area contributed by atoms with Crippen LogP contribution in [0, 0.1) is 0 Å². The van der Waals surface area contributed by atoms with E-state index in [0.717, 1.165) is 5.56 Å². The highest BCUT2D eigenvalue weighted by atomic mass is 16.2. The topological polar surface area (TPSA) is 127 Å². The second kappa shape index (κ2) is 8.14. The number of hydrogen-bond acceptors (Lipinski definition) is 4. The number of nitrogens with one attached hydrogen (secondary N) is 2. The predicted molar refractivity (Wildman–Crippen MR) is 82.5 cm³/mol. The lowest BCUT2D eigenvalue weighted by molar-refractivity contribution is -0.131. The van der Waals surface area contributed by atoms with Gasteiger partial charge in [0, 0.05) is 0 Å². The van der Waals surface area contributed by atoms with Gasteiger partial charge in [0.2, 0.25) is 17.7 Å². The van der Waals surface area contributed by atoms with Crippen LogP contribution in [0.25, 0.3) is 0 Å². The van der Waals surface area contributed by atoms with E-state index in [2.05, 4.69) is 10.6 Å². The Balaban J connectivity index is 2.49. The first-order valence-corrected chi connectivity index (χ1v) is 7.00. The lowest BCUT2D eigenvalue weighted by Gasteiger charge is -2.19. The van der Waals surface area contributed by atoms with Crippen LogP contribution in [0.15, 0.2) is 30.3 Å². The van der Waals surface area contributed by atoms with Crippen molar-refractivity contribution in [2.24, 2.45) is 11.5 Å². The molecule has 22 heavy (non-hydrogen) atoms. The molecule has 0 aromatic heterocycles. The van der Waals surface area contributed by atoms with Crippen molar-refractivity contribution < 1.29 is 14.4 Å². The van der Waals surface area contributed by atoms with Gasteiger partial charge in [0.25, 0.3) is 0 Å². The molecule has 0 heterocycles. The summed E-state index contributed by atoms with van der Waals surface area (Å²) in [7, 11) is 0. The van der Waals surface area contributed by atoms with E-state index in [1.54, 1.807) is 0 Å². The molecule has 1 aromatic carbocycles. The van der Waals surface area contributed by atoms with Gasteiger partial charge in [-0.3, -0.25) is 14.4 Å². The maximum absolute atomic E-state index is 12.0. The quantitative estimate of drug-likeness (QED) is 0.518. The molecule has 0 aliphatic carbocycles. The number of primary amides is 1. The van der Waals surface area contributed by atoms with Crippen LogP contribution in [0.1, 0.15) is 19.4 Å². The Morgan fingerprint density at radius 2 is 1.55 bits per heavy atom. The monoisotopic (exact) mass is 306 g/mol. The number of hydrogen-bond donors (Lipinski definition) is 4. The first-order valence-electron chi connectivity index (χ1n) is 7.00. The number of nitrogens with two attached hydrogens (primary N) is 2. The summed E-state index contributed by atoms with van der Waals surface area (Å²) in [5, 5.41) is 4.92. The zero-order valence-corrected chi connectivity index (χ0v) is 12.7. The second-order valence-electron chi connectivity index (χ2n) is 5.16. The van der Waals surface area contributed by atoms with Crippen molar-refractivity contribution in [3.63, 3.8) is 0 Å².